The number of ether oxygens (including phenoxy) is 1. The molecule has 2 rings (SSSR count). The van der Waals surface area contributed by atoms with Gasteiger partial charge in [0.15, 0.2) is 0 Å². The van der Waals surface area contributed by atoms with E-state index >= 15 is 0 Å². The van der Waals surface area contributed by atoms with Gasteiger partial charge in [0.25, 0.3) is 0 Å². The molecule has 0 aromatic heterocycles. The van der Waals surface area contributed by atoms with Crippen molar-refractivity contribution in [2.45, 2.75) is 25.9 Å². The van der Waals surface area contributed by atoms with Crippen LogP contribution in [0.4, 0.5) is 0 Å². The summed E-state index contributed by atoms with van der Waals surface area (Å²) < 4.78 is 4.97. The number of rotatable bonds is 5. The molecule has 0 fully saturated rings. The summed E-state index contributed by atoms with van der Waals surface area (Å²) in [4.78, 5) is 11.5. The van der Waals surface area contributed by atoms with Crippen LogP contribution in [0.25, 0.3) is 10.8 Å². The summed E-state index contributed by atoms with van der Waals surface area (Å²) in [5.41, 5.74) is 0.743. The second-order valence-electron chi connectivity index (χ2n) is 4.55. The lowest BCUT2D eigenvalue weighted by molar-refractivity contribution is -0.146. The van der Waals surface area contributed by atoms with Crippen molar-refractivity contribution in [3.8, 4) is 0 Å². The zero-order chi connectivity index (χ0) is 13.7. The van der Waals surface area contributed by atoms with Crippen molar-refractivity contribution >= 4 is 16.7 Å². The Labute approximate surface area is 112 Å². The molecule has 0 spiro atoms. The van der Waals surface area contributed by atoms with Gasteiger partial charge < -0.3 is 9.84 Å². The summed E-state index contributed by atoms with van der Waals surface area (Å²) in [7, 11) is 0. The van der Waals surface area contributed by atoms with Crippen LogP contribution in [0.3, 0.4) is 0 Å². The topological polar surface area (TPSA) is 46.5 Å². The van der Waals surface area contributed by atoms with Crippen molar-refractivity contribution in [1.29, 1.82) is 0 Å². The molecule has 0 amide bonds. The van der Waals surface area contributed by atoms with Crippen molar-refractivity contribution in [3.05, 3.63) is 48.0 Å². The third-order valence-corrected chi connectivity index (χ3v) is 2.99. The zero-order valence-electron chi connectivity index (χ0n) is 11.0. The van der Waals surface area contributed by atoms with Gasteiger partial charge in [0.1, 0.15) is 0 Å². The Morgan fingerprint density at radius 3 is 2.68 bits per heavy atom. The van der Waals surface area contributed by atoms with E-state index in [2.05, 4.69) is 0 Å². The van der Waals surface area contributed by atoms with Crippen LogP contribution in [0.2, 0.25) is 0 Å². The Kier molecular flexibility index (Phi) is 4.53. The first-order valence-corrected chi connectivity index (χ1v) is 6.53. The lowest BCUT2D eigenvalue weighted by Crippen LogP contribution is -2.10. The van der Waals surface area contributed by atoms with Crippen LogP contribution >= 0.6 is 0 Å². The van der Waals surface area contributed by atoms with Gasteiger partial charge >= 0.3 is 5.97 Å². The lowest BCUT2D eigenvalue weighted by Gasteiger charge is -2.11. The van der Waals surface area contributed by atoms with E-state index < -0.39 is 6.10 Å². The molecule has 0 aliphatic rings. The van der Waals surface area contributed by atoms with Crippen molar-refractivity contribution < 1.29 is 14.6 Å². The Morgan fingerprint density at radius 2 is 1.95 bits per heavy atom. The van der Waals surface area contributed by atoms with E-state index in [1.54, 1.807) is 0 Å². The summed E-state index contributed by atoms with van der Waals surface area (Å²) in [5, 5.41) is 12.2. The van der Waals surface area contributed by atoms with E-state index in [0.29, 0.717) is 6.61 Å². The van der Waals surface area contributed by atoms with Gasteiger partial charge in [-0.3, -0.25) is 4.79 Å². The molecule has 0 saturated carbocycles. The maximum absolute atomic E-state index is 11.5. The second kappa shape index (κ2) is 6.34. The monoisotopic (exact) mass is 258 g/mol. The molecule has 3 nitrogen and oxygen atoms in total. The number of esters is 1. The molecule has 1 N–H and O–H groups in total. The number of carbonyl (C=O) groups excluding carboxylic acids is 1. The normalized spacial score (nSPS) is 12.3. The van der Waals surface area contributed by atoms with Gasteiger partial charge in [0.05, 0.1) is 19.1 Å². The molecule has 0 saturated heterocycles. The first-order valence-electron chi connectivity index (χ1n) is 6.53. The van der Waals surface area contributed by atoms with E-state index in [0.717, 1.165) is 22.8 Å². The highest BCUT2D eigenvalue weighted by atomic mass is 16.5. The number of carbonyl (C=O) groups is 1. The quantitative estimate of drug-likeness (QED) is 0.838. The summed E-state index contributed by atoms with van der Waals surface area (Å²) in [5.74, 6) is -0.359. The minimum absolute atomic E-state index is 0.00165. The SMILES string of the molecule is CCCOC(=O)CC(O)c1ccc2ccccc2c1. The average molecular weight is 258 g/mol. The lowest BCUT2D eigenvalue weighted by atomic mass is 10.0. The summed E-state index contributed by atoms with van der Waals surface area (Å²) in [6.45, 7) is 2.34. The van der Waals surface area contributed by atoms with E-state index in [4.69, 9.17) is 4.74 Å². The molecule has 100 valence electrons. The van der Waals surface area contributed by atoms with Crippen molar-refractivity contribution in [1.82, 2.24) is 0 Å². The number of hydrogen-bond donors (Lipinski definition) is 1. The Balaban J connectivity index is 2.08. The van der Waals surface area contributed by atoms with Crippen LogP contribution < -0.4 is 0 Å². The fourth-order valence-corrected chi connectivity index (χ4v) is 1.97. The molecule has 1 atom stereocenters. The highest BCUT2D eigenvalue weighted by Crippen LogP contribution is 2.22. The highest BCUT2D eigenvalue weighted by molar-refractivity contribution is 5.83. The fraction of sp³-hybridized carbons (Fsp3) is 0.312. The number of aliphatic hydroxyl groups is 1. The van der Waals surface area contributed by atoms with Crippen LogP contribution in [0.5, 0.6) is 0 Å². The van der Waals surface area contributed by atoms with E-state index in [1.807, 2.05) is 49.4 Å². The number of hydrogen-bond acceptors (Lipinski definition) is 3. The zero-order valence-corrected chi connectivity index (χ0v) is 11.0. The van der Waals surface area contributed by atoms with Gasteiger partial charge in [-0.2, -0.15) is 0 Å². The largest absolute Gasteiger partial charge is 0.466 e. The van der Waals surface area contributed by atoms with Gasteiger partial charge in [0.2, 0.25) is 0 Å². The smallest absolute Gasteiger partial charge is 0.308 e. The summed E-state index contributed by atoms with van der Waals surface area (Å²) >= 11 is 0. The predicted molar refractivity (Wildman–Crippen MR) is 74.8 cm³/mol. The fourth-order valence-electron chi connectivity index (χ4n) is 1.97. The Bertz CT molecular complexity index is 563. The van der Waals surface area contributed by atoms with Crippen LogP contribution in [-0.2, 0) is 9.53 Å². The van der Waals surface area contributed by atoms with E-state index in [-0.39, 0.29) is 12.4 Å². The molecule has 1 unspecified atom stereocenters. The van der Waals surface area contributed by atoms with E-state index in [9.17, 15) is 9.90 Å². The van der Waals surface area contributed by atoms with Crippen molar-refractivity contribution in [2.24, 2.45) is 0 Å². The maximum Gasteiger partial charge on any atom is 0.308 e. The Hall–Kier alpha value is -1.87. The van der Waals surface area contributed by atoms with Crippen molar-refractivity contribution in [2.75, 3.05) is 6.61 Å². The summed E-state index contributed by atoms with van der Waals surface area (Å²) in [6, 6.07) is 13.6. The van der Waals surface area contributed by atoms with Gasteiger partial charge in [0, 0.05) is 0 Å². The standard InChI is InChI=1S/C16H18O3/c1-2-9-19-16(18)11-15(17)14-8-7-12-5-3-4-6-13(12)10-14/h3-8,10,15,17H,2,9,11H2,1H3. The van der Waals surface area contributed by atoms with Crippen LogP contribution in [0, 0.1) is 0 Å². The molecule has 0 aliphatic heterocycles. The molecule has 3 heteroatoms. The second-order valence-corrected chi connectivity index (χ2v) is 4.55. The summed E-state index contributed by atoms with van der Waals surface area (Å²) in [6.07, 6.45) is -0.0233. The molecule has 2 aromatic rings. The number of aliphatic hydroxyl groups excluding tert-OH is 1. The molecule has 0 aliphatic carbocycles. The predicted octanol–water partition coefficient (Wildman–Crippen LogP) is 3.22. The third kappa shape index (κ3) is 3.55. The van der Waals surface area contributed by atoms with Crippen LogP contribution in [0.15, 0.2) is 42.5 Å². The molecular weight excluding hydrogens is 240 g/mol. The first-order chi connectivity index (χ1) is 9.20. The highest BCUT2D eigenvalue weighted by Gasteiger charge is 2.14. The maximum atomic E-state index is 11.5. The molecule has 0 bridgehead atoms. The Morgan fingerprint density at radius 1 is 1.21 bits per heavy atom. The number of benzene rings is 2. The molecule has 0 radical (unpaired) electrons. The minimum Gasteiger partial charge on any atom is -0.466 e. The molecule has 0 heterocycles. The number of fused-ring (bicyclic) bond motifs is 1. The third-order valence-electron chi connectivity index (χ3n) is 2.99. The van der Waals surface area contributed by atoms with Crippen LogP contribution in [-0.4, -0.2) is 17.7 Å². The van der Waals surface area contributed by atoms with Gasteiger partial charge in [-0.25, -0.2) is 0 Å². The molecular formula is C16H18O3. The minimum atomic E-state index is -0.811. The van der Waals surface area contributed by atoms with E-state index in [1.165, 1.54) is 0 Å². The van der Waals surface area contributed by atoms with Gasteiger partial charge in [-0.05, 0) is 28.8 Å². The first kappa shape index (κ1) is 13.6. The van der Waals surface area contributed by atoms with Gasteiger partial charge in [-0.1, -0.05) is 43.3 Å². The average Bonchev–Trinajstić information content (AvgIpc) is 2.44. The van der Waals surface area contributed by atoms with Crippen LogP contribution in [0.1, 0.15) is 31.4 Å². The molecule has 19 heavy (non-hydrogen) atoms. The molecule has 2 aromatic carbocycles. The van der Waals surface area contributed by atoms with Crippen molar-refractivity contribution in [3.63, 3.8) is 0 Å². The van der Waals surface area contributed by atoms with Gasteiger partial charge in [-0.15, -0.1) is 0 Å².